The maximum absolute atomic E-state index is 6.41. The van der Waals surface area contributed by atoms with Gasteiger partial charge in [-0.2, -0.15) is 0 Å². The highest BCUT2D eigenvalue weighted by molar-refractivity contribution is 5.84. The van der Waals surface area contributed by atoms with Gasteiger partial charge >= 0.3 is 0 Å². The summed E-state index contributed by atoms with van der Waals surface area (Å²) in [6, 6.07) is 15.4. The summed E-state index contributed by atoms with van der Waals surface area (Å²) in [5, 5.41) is 0. The highest BCUT2D eigenvalue weighted by Crippen LogP contribution is 2.37. The number of nitrogens with zero attached hydrogens (tertiary/aromatic N) is 2. The Hall–Kier alpha value is -2.36. The van der Waals surface area contributed by atoms with Crippen LogP contribution in [-0.2, 0) is 0 Å². The largest absolute Gasteiger partial charge is 0.493 e. The Morgan fingerprint density at radius 3 is 2.45 bits per heavy atom. The summed E-state index contributed by atoms with van der Waals surface area (Å²) in [5.41, 5.74) is 7.91. The number of benzene rings is 2. The van der Waals surface area contributed by atoms with E-state index in [1.807, 2.05) is 0 Å². The molecule has 178 valence electrons. The summed E-state index contributed by atoms with van der Waals surface area (Å²) < 4.78 is 6.41. The van der Waals surface area contributed by atoms with E-state index < -0.39 is 0 Å². The van der Waals surface area contributed by atoms with Gasteiger partial charge in [0.25, 0.3) is 0 Å². The summed E-state index contributed by atoms with van der Waals surface area (Å²) >= 11 is 0. The molecule has 0 aliphatic heterocycles. The fourth-order valence-electron chi connectivity index (χ4n) is 4.63. The third-order valence-electron chi connectivity index (χ3n) is 6.53. The number of hydrogen-bond donors (Lipinski definition) is 0. The summed E-state index contributed by atoms with van der Waals surface area (Å²) in [4.78, 5) is 4.75. The van der Waals surface area contributed by atoms with Crippen LogP contribution in [0.25, 0.3) is 16.7 Å². The predicted octanol–water partition coefficient (Wildman–Crippen LogP) is 6.83. The van der Waals surface area contributed by atoms with Crippen molar-refractivity contribution in [2.24, 2.45) is 0 Å². The predicted molar refractivity (Wildman–Crippen MR) is 143 cm³/mol. The smallest absolute Gasteiger partial charge is 0.127 e. The van der Waals surface area contributed by atoms with Crippen LogP contribution in [0.3, 0.4) is 0 Å². The van der Waals surface area contributed by atoms with Crippen molar-refractivity contribution >= 4 is 5.57 Å². The van der Waals surface area contributed by atoms with Crippen LogP contribution in [0.5, 0.6) is 5.75 Å². The molecule has 0 N–H and O–H groups in total. The number of aryl methyl sites for hydroxylation is 1. The van der Waals surface area contributed by atoms with Gasteiger partial charge in [0.1, 0.15) is 5.75 Å². The molecule has 1 aliphatic carbocycles. The molecule has 0 atom stereocenters. The summed E-state index contributed by atoms with van der Waals surface area (Å²) in [6.07, 6.45) is 9.10. The molecule has 3 rings (SSSR count). The molecule has 0 amide bonds. The first-order valence-electron chi connectivity index (χ1n) is 12.6. The maximum atomic E-state index is 6.41. The molecule has 0 heterocycles. The Balaban J connectivity index is 1.88. The second-order valence-electron chi connectivity index (χ2n) is 9.30. The highest BCUT2D eigenvalue weighted by atomic mass is 16.5. The molecule has 0 radical (unpaired) electrons. The van der Waals surface area contributed by atoms with Crippen LogP contribution in [0.4, 0.5) is 0 Å². The minimum atomic E-state index is 0.762. The van der Waals surface area contributed by atoms with E-state index >= 15 is 0 Å². The van der Waals surface area contributed by atoms with E-state index in [4.69, 9.17) is 4.74 Å². The second kappa shape index (κ2) is 12.8. The maximum Gasteiger partial charge on any atom is 0.127 e. The first-order chi connectivity index (χ1) is 16.0. The third kappa shape index (κ3) is 7.06. The fraction of sp³-hybridized carbons (Fsp3) is 0.467. The van der Waals surface area contributed by atoms with Gasteiger partial charge in [-0.3, -0.25) is 0 Å². The summed E-state index contributed by atoms with van der Waals surface area (Å²) in [5.74, 6) is 1.01. The standard InChI is InChI=1S/C30H42N2O/c1-6-32(7-2)20-12-13-21-33-30-19-18-25(27-16-10-8-14-24(27)3)22-29(30)28-17-11-9-15-26(28)23-31(4)5/h8,10-11,14,16-19,22H,6-7,9,12-13,15,20-21,23H2,1-5H3. The van der Waals surface area contributed by atoms with Gasteiger partial charge in [-0.1, -0.05) is 56.3 Å². The SMILES string of the molecule is CCN(CC)CCCCOc1ccc(-c2ccccc2C)cc1C1=C(CN(C)C)CCC=C1. The number of likely N-dealkylation sites (N-methyl/N-ethyl adjacent to an activating group) is 1. The van der Waals surface area contributed by atoms with Gasteiger partial charge in [-0.05, 0) is 106 Å². The zero-order chi connectivity index (χ0) is 23.6. The van der Waals surface area contributed by atoms with E-state index in [2.05, 4.69) is 99.3 Å². The lowest BCUT2D eigenvalue weighted by molar-refractivity contribution is 0.266. The second-order valence-corrected chi connectivity index (χ2v) is 9.30. The van der Waals surface area contributed by atoms with Gasteiger partial charge in [0.2, 0.25) is 0 Å². The van der Waals surface area contributed by atoms with Crippen molar-refractivity contribution in [1.29, 1.82) is 0 Å². The monoisotopic (exact) mass is 446 g/mol. The van der Waals surface area contributed by atoms with Crippen molar-refractivity contribution in [3.63, 3.8) is 0 Å². The molecule has 3 heteroatoms. The van der Waals surface area contributed by atoms with E-state index in [1.165, 1.54) is 39.8 Å². The quantitative estimate of drug-likeness (QED) is 0.332. The Bertz CT molecular complexity index is 954. The van der Waals surface area contributed by atoms with Gasteiger partial charge in [0.15, 0.2) is 0 Å². The summed E-state index contributed by atoms with van der Waals surface area (Å²) in [6.45, 7) is 11.8. The molecule has 2 aromatic rings. The molecule has 0 aromatic heterocycles. The van der Waals surface area contributed by atoms with Crippen molar-refractivity contribution in [3.05, 3.63) is 71.3 Å². The lowest BCUT2D eigenvalue weighted by Crippen LogP contribution is -2.24. The molecular formula is C30H42N2O. The van der Waals surface area contributed by atoms with E-state index in [1.54, 1.807) is 0 Å². The molecule has 2 aromatic carbocycles. The van der Waals surface area contributed by atoms with Crippen LogP contribution in [0.15, 0.2) is 60.2 Å². The number of ether oxygens (including phenoxy) is 1. The van der Waals surface area contributed by atoms with Gasteiger partial charge in [0, 0.05) is 12.1 Å². The average Bonchev–Trinajstić information content (AvgIpc) is 2.82. The number of unbranched alkanes of at least 4 members (excludes halogenated alkanes) is 1. The van der Waals surface area contributed by atoms with Crippen LogP contribution in [0.2, 0.25) is 0 Å². The molecule has 1 aliphatic rings. The lowest BCUT2D eigenvalue weighted by atomic mass is 9.89. The molecule has 3 nitrogen and oxygen atoms in total. The van der Waals surface area contributed by atoms with E-state index in [9.17, 15) is 0 Å². The van der Waals surface area contributed by atoms with Gasteiger partial charge < -0.3 is 14.5 Å². The van der Waals surface area contributed by atoms with Crippen molar-refractivity contribution in [3.8, 4) is 16.9 Å². The molecule has 0 saturated carbocycles. The Morgan fingerprint density at radius 2 is 1.73 bits per heavy atom. The molecule has 0 spiro atoms. The van der Waals surface area contributed by atoms with Crippen molar-refractivity contribution < 1.29 is 4.74 Å². The van der Waals surface area contributed by atoms with Crippen LogP contribution in [0, 0.1) is 6.92 Å². The van der Waals surface area contributed by atoms with Crippen molar-refractivity contribution in [2.75, 3.05) is 46.9 Å². The summed E-state index contributed by atoms with van der Waals surface area (Å²) in [7, 11) is 4.31. The topological polar surface area (TPSA) is 15.7 Å². The first kappa shape index (κ1) is 25.3. The fourth-order valence-corrected chi connectivity index (χ4v) is 4.63. The number of rotatable bonds is 12. The number of hydrogen-bond acceptors (Lipinski definition) is 3. The van der Waals surface area contributed by atoms with E-state index in [0.29, 0.717) is 0 Å². The average molecular weight is 447 g/mol. The molecule has 0 bridgehead atoms. The van der Waals surface area contributed by atoms with Crippen molar-refractivity contribution in [1.82, 2.24) is 9.80 Å². The zero-order valence-corrected chi connectivity index (χ0v) is 21.4. The molecule has 0 fully saturated rings. The van der Waals surface area contributed by atoms with Crippen LogP contribution >= 0.6 is 0 Å². The van der Waals surface area contributed by atoms with Gasteiger partial charge in [-0.25, -0.2) is 0 Å². The third-order valence-corrected chi connectivity index (χ3v) is 6.53. The van der Waals surface area contributed by atoms with Gasteiger partial charge in [-0.15, -0.1) is 0 Å². The Kier molecular flexibility index (Phi) is 9.77. The molecule has 0 saturated heterocycles. The van der Waals surface area contributed by atoms with Gasteiger partial charge in [0.05, 0.1) is 6.61 Å². The molecule has 33 heavy (non-hydrogen) atoms. The van der Waals surface area contributed by atoms with Crippen LogP contribution in [0.1, 0.15) is 50.7 Å². The minimum absolute atomic E-state index is 0.762. The molecular weight excluding hydrogens is 404 g/mol. The lowest BCUT2D eigenvalue weighted by Gasteiger charge is -2.22. The normalized spacial score (nSPS) is 13.9. The van der Waals surface area contributed by atoms with Crippen molar-refractivity contribution in [2.45, 2.75) is 46.5 Å². The Morgan fingerprint density at radius 1 is 0.939 bits per heavy atom. The molecule has 0 unspecified atom stereocenters. The highest BCUT2D eigenvalue weighted by Gasteiger charge is 2.17. The van der Waals surface area contributed by atoms with E-state index in [0.717, 1.165) is 57.8 Å². The van der Waals surface area contributed by atoms with Crippen LogP contribution in [-0.4, -0.2) is 56.7 Å². The first-order valence-corrected chi connectivity index (χ1v) is 12.6. The van der Waals surface area contributed by atoms with E-state index in [-0.39, 0.29) is 0 Å². The zero-order valence-electron chi connectivity index (χ0n) is 21.4. The Labute approximate surface area is 201 Å². The van der Waals surface area contributed by atoms with Crippen LogP contribution < -0.4 is 4.74 Å². The number of allylic oxidation sites excluding steroid dienone is 3. The minimum Gasteiger partial charge on any atom is -0.493 e.